The minimum Gasteiger partial charge on any atom is -0.427 e. The number of aromatic nitrogens is 1. The molecule has 0 unspecified atom stereocenters. The summed E-state index contributed by atoms with van der Waals surface area (Å²) in [6.07, 6.45) is 1.29. The van der Waals surface area contributed by atoms with Crippen LogP contribution >= 0.6 is 22.6 Å². The van der Waals surface area contributed by atoms with Gasteiger partial charge in [-0.05, 0) is 77.2 Å². The van der Waals surface area contributed by atoms with Crippen LogP contribution in [0.2, 0.25) is 0 Å². The summed E-state index contributed by atoms with van der Waals surface area (Å²) < 4.78 is 59.6. The highest BCUT2D eigenvalue weighted by Gasteiger charge is 2.33. The van der Waals surface area contributed by atoms with Crippen LogP contribution < -0.4 is 15.4 Å². The van der Waals surface area contributed by atoms with E-state index in [1.807, 2.05) is 24.3 Å². The standard InChI is InChI=1S/C26H29F2IN4O5S/c1-39(36,37)33-26-32-22(25(38-26)17-5-6-17)12-24(35)31-21(10-16-7-18(27)11-19(28)8-16)23(34)14-30-13-15-3-2-4-20(29)9-15/h2-4,7-9,11,17,21,23,30,34H,5-6,10,12-14H2,1H3,(H,31,35)(H,32,33)/t21-,23+/m0/s1. The minimum absolute atomic E-state index is 0.0261. The first kappa shape index (κ1) is 29.4. The van der Waals surface area contributed by atoms with Crippen LogP contribution in [0.25, 0.3) is 0 Å². The predicted molar refractivity (Wildman–Crippen MR) is 150 cm³/mol. The minimum atomic E-state index is -3.63. The highest BCUT2D eigenvalue weighted by atomic mass is 127. The van der Waals surface area contributed by atoms with E-state index in [4.69, 9.17) is 4.42 Å². The van der Waals surface area contributed by atoms with Crippen molar-refractivity contribution in [1.29, 1.82) is 0 Å². The Balaban J connectivity index is 1.46. The topological polar surface area (TPSA) is 134 Å². The van der Waals surface area contributed by atoms with Crippen molar-refractivity contribution in [3.8, 4) is 0 Å². The number of benzene rings is 2. The van der Waals surface area contributed by atoms with Gasteiger partial charge in [0.05, 0.1) is 30.5 Å². The van der Waals surface area contributed by atoms with E-state index in [2.05, 4.69) is 42.9 Å². The monoisotopic (exact) mass is 674 g/mol. The van der Waals surface area contributed by atoms with Crippen LogP contribution in [0.4, 0.5) is 14.8 Å². The molecule has 4 N–H and O–H groups in total. The number of aliphatic hydroxyl groups is 1. The molecule has 9 nitrogen and oxygen atoms in total. The molecular formula is C26H29F2IN4O5S. The molecule has 39 heavy (non-hydrogen) atoms. The fraction of sp³-hybridized carbons (Fsp3) is 0.385. The Morgan fingerprint density at radius 3 is 2.54 bits per heavy atom. The van der Waals surface area contributed by atoms with Gasteiger partial charge in [-0.1, -0.05) is 12.1 Å². The molecule has 1 fully saturated rings. The molecule has 2 atom stereocenters. The highest BCUT2D eigenvalue weighted by molar-refractivity contribution is 14.1. The zero-order valence-corrected chi connectivity index (χ0v) is 24.1. The van der Waals surface area contributed by atoms with Crippen molar-refractivity contribution in [3.63, 3.8) is 0 Å². The number of nitrogens with zero attached hydrogens (tertiary/aromatic N) is 1. The first-order chi connectivity index (χ1) is 18.4. The average Bonchev–Trinajstić information content (AvgIpc) is 3.59. The number of anilines is 1. The maximum absolute atomic E-state index is 13.8. The molecule has 2 aromatic carbocycles. The Morgan fingerprint density at radius 2 is 1.90 bits per heavy atom. The van der Waals surface area contributed by atoms with E-state index in [1.54, 1.807) is 0 Å². The fourth-order valence-corrected chi connectivity index (χ4v) is 5.20. The number of sulfonamides is 1. The Kier molecular flexibility index (Phi) is 9.56. The normalized spacial score (nSPS) is 15.1. The predicted octanol–water partition coefficient (Wildman–Crippen LogP) is 3.23. The Hall–Kier alpha value is -2.62. The smallest absolute Gasteiger partial charge is 0.309 e. The lowest BCUT2D eigenvalue weighted by Crippen LogP contribution is -2.49. The lowest BCUT2D eigenvalue weighted by atomic mass is 10.00. The molecular weight excluding hydrogens is 645 g/mol. The number of halogens is 3. The second-order valence-electron chi connectivity index (χ2n) is 9.64. The van der Waals surface area contributed by atoms with Gasteiger partial charge in [0.2, 0.25) is 15.9 Å². The van der Waals surface area contributed by atoms with E-state index in [0.717, 1.165) is 46.4 Å². The summed E-state index contributed by atoms with van der Waals surface area (Å²) in [5, 5.41) is 16.9. The van der Waals surface area contributed by atoms with Crippen molar-refractivity contribution in [2.45, 2.75) is 50.3 Å². The molecule has 3 aromatic rings. The highest BCUT2D eigenvalue weighted by Crippen LogP contribution is 2.43. The first-order valence-corrected chi connectivity index (χ1v) is 15.3. The maximum Gasteiger partial charge on any atom is 0.309 e. The van der Waals surface area contributed by atoms with Gasteiger partial charge in [-0.2, -0.15) is 4.98 Å². The van der Waals surface area contributed by atoms with E-state index in [1.165, 1.54) is 0 Å². The average molecular weight is 675 g/mol. The van der Waals surface area contributed by atoms with E-state index >= 15 is 0 Å². The third-order valence-electron chi connectivity index (χ3n) is 6.04. The van der Waals surface area contributed by atoms with Crippen molar-refractivity contribution >= 4 is 44.5 Å². The summed E-state index contributed by atoms with van der Waals surface area (Å²) in [4.78, 5) is 17.2. The SMILES string of the molecule is CS(=O)(=O)Nc1nc(CC(=O)N[C@@H](Cc2cc(F)cc(F)c2)[C@H](O)CNCc2cccc(I)c2)c(C2CC2)o1. The molecule has 0 radical (unpaired) electrons. The Labute approximate surface area is 239 Å². The second-order valence-corrected chi connectivity index (χ2v) is 12.6. The van der Waals surface area contributed by atoms with Gasteiger partial charge in [0.1, 0.15) is 17.4 Å². The van der Waals surface area contributed by atoms with E-state index in [-0.39, 0.29) is 36.9 Å². The number of aliphatic hydroxyl groups excluding tert-OH is 1. The number of carbonyl (C=O) groups excluding carboxylic acids is 1. The zero-order valence-electron chi connectivity index (χ0n) is 21.1. The van der Waals surface area contributed by atoms with Crippen LogP contribution in [0, 0.1) is 15.2 Å². The lowest BCUT2D eigenvalue weighted by molar-refractivity contribution is -0.122. The van der Waals surface area contributed by atoms with Gasteiger partial charge >= 0.3 is 6.01 Å². The number of nitrogens with one attached hydrogen (secondary N) is 3. The summed E-state index contributed by atoms with van der Waals surface area (Å²) >= 11 is 2.21. The van der Waals surface area contributed by atoms with Gasteiger partial charge in [0, 0.05) is 28.6 Å². The molecule has 1 aliphatic carbocycles. The van der Waals surface area contributed by atoms with Gasteiger partial charge < -0.3 is 20.2 Å². The second kappa shape index (κ2) is 12.7. The molecule has 1 amide bonds. The van der Waals surface area contributed by atoms with Gasteiger partial charge in [-0.3, -0.25) is 4.79 Å². The molecule has 0 saturated heterocycles. The summed E-state index contributed by atoms with van der Waals surface area (Å²) in [5.41, 5.74) is 1.58. The number of hydrogen-bond acceptors (Lipinski definition) is 7. The number of hydrogen-bond donors (Lipinski definition) is 4. The van der Waals surface area contributed by atoms with E-state index in [9.17, 15) is 27.1 Å². The number of rotatable bonds is 13. The molecule has 1 aromatic heterocycles. The van der Waals surface area contributed by atoms with Crippen molar-refractivity contribution in [2.24, 2.45) is 0 Å². The lowest BCUT2D eigenvalue weighted by Gasteiger charge is -2.25. The quantitative estimate of drug-likeness (QED) is 0.205. The Morgan fingerprint density at radius 1 is 1.18 bits per heavy atom. The largest absolute Gasteiger partial charge is 0.427 e. The summed E-state index contributed by atoms with van der Waals surface area (Å²) in [7, 11) is -3.63. The van der Waals surface area contributed by atoms with Crippen LogP contribution in [0.15, 0.2) is 46.9 Å². The van der Waals surface area contributed by atoms with Gasteiger partial charge in [0.25, 0.3) is 0 Å². The number of carbonyl (C=O) groups is 1. The van der Waals surface area contributed by atoms with Crippen molar-refractivity contribution < 1.29 is 31.5 Å². The van der Waals surface area contributed by atoms with E-state index in [0.29, 0.717) is 18.0 Å². The maximum atomic E-state index is 13.8. The zero-order chi connectivity index (χ0) is 28.2. The van der Waals surface area contributed by atoms with Crippen molar-refractivity contribution in [1.82, 2.24) is 15.6 Å². The van der Waals surface area contributed by atoms with Crippen LogP contribution in [0.3, 0.4) is 0 Å². The van der Waals surface area contributed by atoms with Gasteiger partial charge in [0.15, 0.2) is 0 Å². The van der Waals surface area contributed by atoms with Gasteiger partial charge in [-0.25, -0.2) is 21.9 Å². The van der Waals surface area contributed by atoms with Crippen LogP contribution in [-0.4, -0.2) is 49.4 Å². The fourth-order valence-electron chi connectivity index (χ4n) is 4.19. The molecule has 0 bridgehead atoms. The molecule has 13 heteroatoms. The van der Waals surface area contributed by atoms with Crippen LogP contribution in [0.1, 0.15) is 41.3 Å². The molecule has 1 aliphatic rings. The molecule has 1 heterocycles. The van der Waals surface area contributed by atoms with Gasteiger partial charge in [-0.15, -0.1) is 0 Å². The van der Waals surface area contributed by atoms with Crippen molar-refractivity contribution in [2.75, 3.05) is 17.5 Å². The first-order valence-electron chi connectivity index (χ1n) is 12.3. The molecule has 210 valence electrons. The van der Waals surface area contributed by atoms with Crippen LogP contribution in [-0.2, 0) is 34.2 Å². The number of amides is 1. The summed E-state index contributed by atoms with van der Waals surface area (Å²) in [5.74, 6) is -1.53. The summed E-state index contributed by atoms with van der Waals surface area (Å²) in [6, 6.07) is 9.79. The molecule has 0 aliphatic heterocycles. The molecule has 0 spiro atoms. The summed E-state index contributed by atoms with van der Waals surface area (Å²) in [6.45, 7) is 0.580. The Bertz CT molecular complexity index is 1410. The third kappa shape index (κ3) is 9.22. The van der Waals surface area contributed by atoms with E-state index < -0.39 is 39.7 Å². The van der Waals surface area contributed by atoms with Crippen molar-refractivity contribution in [3.05, 3.63) is 80.3 Å². The molecule has 1 saturated carbocycles. The van der Waals surface area contributed by atoms with Crippen LogP contribution in [0.5, 0.6) is 0 Å². The number of oxazole rings is 1. The third-order valence-corrected chi connectivity index (χ3v) is 7.25. The molecule has 4 rings (SSSR count).